The highest BCUT2D eigenvalue weighted by Gasteiger charge is 2.33. The van der Waals surface area contributed by atoms with Crippen molar-refractivity contribution in [2.75, 3.05) is 0 Å². The molecule has 0 aliphatic heterocycles. The van der Waals surface area contributed by atoms with Gasteiger partial charge in [-0.25, -0.2) is 4.68 Å². The largest absolute Gasteiger partial charge is 0.481 e. The first-order chi connectivity index (χ1) is 14.3. The lowest BCUT2D eigenvalue weighted by molar-refractivity contribution is -0.141. The molecule has 0 saturated heterocycles. The third kappa shape index (κ3) is 5.17. The number of aromatic nitrogens is 2. The zero-order valence-electron chi connectivity index (χ0n) is 15.8. The summed E-state index contributed by atoms with van der Waals surface area (Å²) < 4.78 is 44.6. The summed E-state index contributed by atoms with van der Waals surface area (Å²) in [6, 6.07) is 15.9. The van der Waals surface area contributed by atoms with Gasteiger partial charge in [0.05, 0.1) is 17.3 Å². The van der Waals surface area contributed by atoms with E-state index in [9.17, 15) is 18.0 Å². The van der Waals surface area contributed by atoms with E-state index < -0.39 is 18.0 Å². The van der Waals surface area contributed by atoms with Crippen LogP contribution >= 0.6 is 0 Å². The highest BCUT2D eigenvalue weighted by atomic mass is 19.4. The van der Waals surface area contributed by atoms with Crippen molar-refractivity contribution in [1.29, 1.82) is 5.26 Å². The lowest BCUT2D eigenvalue weighted by Crippen LogP contribution is -2.35. The topological polar surface area (TPSA) is 79.9 Å². The number of hydrogen-bond acceptors (Lipinski definition) is 4. The third-order valence-electron chi connectivity index (χ3n) is 4.21. The highest BCUT2D eigenvalue weighted by molar-refractivity contribution is 5.80. The number of nitriles is 1. The number of benzene rings is 2. The minimum absolute atomic E-state index is 0.229. The summed E-state index contributed by atoms with van der Waals surface area (Å²) in [6.45, 7) is 1.83. The molecule has 0 aliphatic rings. The summed E-state index contributed by atoms with van der Waals surface area (Å²) in [5, 5.41) is 15.0. The van der Waals surface area contributed by atoms with Gasteiger partial charge < -0.3 is 10.1 Å². The van der Waals surface area contributed by atoms with Crippen LogP contribution in [-0.2, 0) is 17.5 Å². The molecule has 2 aromatic carbocycles. The molecule has 0 radical (unpaired) electrons. The van der Waals surface area contributed by atoms with E-state index in [0.29, 0.717) is 17.0 Å². The predicted octanol–water partition coefficient (Wildman–Crippen LogP) is 3.85. The monoisotopic (exact) mass is 414 g/mol. The van der Waals surface area contributed by atoms with Crippen LogP contribution in [0.3, 0.4) is 0 Å². The van der Waals surface area contributed by atoms with Gasteiger partial charge in [0.2, 0.25) is 0 Å². The third-order valence-corrected chi connectivity index (χ3v) is 4.21. The first-order valence-electron chi connectivity index (χ1n) is 8.93. The maximum atomic E-state index is 12.7. The Kier molecular flexibility index (Phi) is 6.06. The van der Waals surface area contributed by atoms with Gasteiger partial charge in [-0.05, 0) is 55.0 Å². The lowest BCUT2D eigenvalue weighted by atomic mass is 10.2. The van der Waals surface area contributed by atoms with Crippen LogP contribution in [0.15, 0.2) is 60.8 Å². The molecule has 1 atom stereocenters. The number of halogens is 3. The minimum atomic E-state index is -4.49. The number of alkyl halides is 3. The van der Waals surface area contributed by atoms with E-state index >= 15 is 0 Å². The molecule has 0 spiro atoms. The van der Waals surface area contributed by atoms with Crippen molar-refractivity contribution >= 4 is 5.91 Å². The van der Waals surface area contributed by atoms with Gasteiger partial charge in [0, 0.05) is 12.7 Å². The molecular weight excluding hydrogens is 397 g/mol. The van der Waals surface area contributed by atoms with Crippen LogP contribution in [0.2, 0.25) is 0 Å². The van der Waals surface area contributed by atoms with Gasteiger partial charge in [-0.15, -0.1) is 0 Å². The highest BCUT2D eigenvalue weighted by Crippen LogP contribution is 2.27. The average molecular weight is 414 g/mol. The number of nitrogens with zero attached hydrogens (tertiary/aromatic N) is 3. The number of carbonyl (C=O) groups excluding carboxylic acids is 1. The Balaban J connectivity index is 1.54. The van der Waals surface area contributed by atoms with Gasteiger partial charge in [-0.3, -0.25) is 4.79 Å². The van der Waals surface area contributed by atoms with Gasteiger partial charge in [-0.2, -0.15) is 23.5 Å². The van der Waals surface area contributed by atoms with Crippen molar-refractivity contribution in [3.63, 3.8) is 0 Å². The van der Waals surface area contributed by atoms with Crippen LogP contribution in [0.1, 0.15) is 23.7 Å². The average Bonchev–Trinajstić information content (AvgIpc) is 3.24. The Morgan fingerprint density at radius 3 is 2.40 bits per heavy atom. The molecule has 0 fully saturated rings. The van der Waals surface area contributed by atoms with E-state index in [0.717, 1.165) is 16.3 Å². The molecule has 30 heavy (non-hydrogen) atoms. The van der Waals surface area contributed by atoms with E-state index in [1.807, 2.05) is 6.07 Å². The summed E-state index contributed by atoms with van der Waals surface area (Å²) in [4.78, 5) is 12.2. The number of ether oxygens (including phenoxy) is 1. The van der Waals surface area contributed by atoms with Crippen LogP contribution in [0.5, 0.6) is 5.75 Å². The predicted molar refractivity (Wildman–Crippen MR) is 102 cm³/mol. The van der Waals surface area contributed by atoms with Crippen LogP contribution < -0.4 is 10.1 Å². The molecule has 0 bridgehead atoms. The minimum Gasteiger partial charge on any atom is -0.481 e. The van der Waals surface area contributed by atoms with Crippen molar-refractivity contribution in [3.05, 3.63) is 77.6 Å². The quantitative estimate of drug-likeness (QED) is 0.665. The van der Waals surface area contributed by atoms with E-state index in [-0.39, 0.29) is 12.5 Å². The molecule has 0 saturated carbocycles. The number of hydrogen-bond donors (Lipinski definition) is 1. The Labute approximate surface area is 170 Å². The normalized spacial score (nSPS) is 12.1. The number of nitrogens with one attached hydrogen (secondary N) is 1. The fourth-order valence-electron chi connectivity index (χ4n) is 2.58. The molecule has 0 aliphatic carbocycles. The first kappa shape index (κ1) is 20.9. The Morgan fingerprint density at radius 2 is 1.83 bits per heavy atom. The first-order valence-corrected chi connectivity index (χ1v) is 8.93. The molecule has 9 heteroatoms. The Morgan fingerprint density at radius 1 is 1.17 bits per heavy atom. The van der Waals surface area contributed by atoms with Crippen LogP contribution in [-0.4, -0.2) is 21.8 Å². The second kappa shape index (κ2) is 8.69. The van der Waals surface area contributed by atoms with Gasteiger partial charge in [0.25, 0.3) is 5.91 Å². The van der Waals surface area contributed by atoms with Crippen molar-refractivity contribution in [2.45, 2.75) is 25.7 Å². The van der Waals surface area contributed by atoms with Gasteiger partial charge in [0.1, 0.15) is 5.75 Å². The number of amides is 1. The SMILES string of the molecule is CC(Oc1ccc(C#N)cc1)C(=O)NCc1ccc(-n2ccc(C(F)(F)F)n2)cc1. The summed E-state index contributed by atoms with van der Waals surface area (Å²) in [7, 11) is 0. The van der Waals surface area contributed by atoms with Crippen molar-refractivity contribution in [3.8, 4) is 17.5 Å². The molecule has 6 nitrogen and oxygen atoms in total. The molecule has 154 valence electrons. The maximum absolute atomic E-state index is 12.7. The summed E-state index contributed by atoms with van der Waals surface area (Å²) in [5.41, 5.74) is 0.765. The van der Waals surface area contributed by atoms with Crippen molar-refractivity contribution < 1.29 is 22.7 Å². The molecule has 1 unspecified atom stereocenters. The van der Waals surface area contributed by atoms with Crippen LogP contribution in [0, 0.1) is 11.3 Å². The van der Waals surface area contributed by atoms with Crippen molar-refractivity contribution in [2.24, 2.45) is 0 Å². The molecule has 1 amide bonds. The molecule has 3 rings (SSSR count). The van der Waals surface area contributed by atoms with E-state index in [2.05, 4.69) is 10.4 Å². The molecule has 1 aromatic heterocycles. The van der Waals surface area contributed by atoms with Crippen LogP contribution in [0.4, 0.5) is 13.2 Å². The van der Waals surface area contributed by atoms with Crippen LogP contribution in [0.25, 0.3) is 5.69 Å². The van der Waals surface area contributed by atoms with E-state index in [1.54, 1.807) is 55.5 Å². The lowest BCUT2D eigenvalue weighted by Gasteiger charge is -2.15. The molecule has 1 N–H and O–H groups in total. The number of carbonyl (C=O) groups is 1. The van der Waals surface area contributed by atoms with Gasteiger partial charge in [-0.1, -0.05) is 12.1 Å². The fraction of sp³-hybridized carbons (Fsp3) is 0.190. The Bertz CT molecular complexity index is 1050. The number of rotatable bonds is 6. The molecule has 1 heterocycles. The van der Waals surface area contributed by atoms with E-state index in [4.69, 9.17) is 10.00 Å². The molecular formula is C21H17F3N4O2. The smallest absolute Gasteiger partial charge is 0.435 e. The zero-order chi connectivity index (χ0) is 21.7. The van der Waals surface area contributed by atoms with Crippen molar-refractivity contribution in [1.82, 2.24) is 15.1 Å². The maximum Gasteiger partial charge on any atom is 0.435 e. The fourth-order valence-corrected chi connectivity index (χ4v) is 2.58. The van der Waals surface area contributed by atoms with E-state index in [1.165, 1.54) is 6.20 Å². The Hall–Kier alpha value is -3.80. The summed E-state index contributed by atoms with van der Waals surface area (Å²) in [5.74, 6) is 0.142. The standard InChI is InChI=1S/C21H17F3N4O2/c1-14(30-18-8-4-15(12-25)5-9-18)20(29)26-13-16-2-6-17(7-3-16)28-11-10-19(27-28)21(22,23)24/h2-11,14H,13H2,1H3,(H,26,29). The van der Waals surface area contributed by atoms with Gasteiger partial charge >= 0.3 is 6.18 Å². The second-order valence-electron chi connectivity index (χ2n) is 6.42. The second-order valence-corrected chi connectivity index (χ2v) is 6.42. The zero-order valence-corrected chi connectivity index (χ0v) is 15.8. The van der Waals surface area contributed by atoms with Gasteiger partial charge in [0.15, 0.2) is 11.8 Å². The summed E-state index contributed by atoms with van der Waals surface area (Å²) in [6.07, 6.45) is -4.00. The molecule has 3 aromatic rings. The summed E-state index contributed by atoms with van der Waals surface area (Å²) >= 11 is 0.